The first-order valence-electron chi connectivity index (χ1n) is 10.5. The molecule has 5 nitrogen and oxygen atoms in total. The number of hydrogen-bond acceptors (Lipinski definition) is 3. The van der Waals surface area contributed by atoms with Crippen LogP contribution in [-0.2, 0) is 0 Å². The summed E-state index contributed by atoms with van der Waals surface area (Å²) < 4.78 is 12.2. The Morgan fingerprint density at radius 3 is 2.40 bits per heavy atom. The number of aromatic nitrogens is 2. The highest BCUT2D eigenvalue weighted by molar-refractivity contribution is 6.03. The maximum absolute atomic E-state index is 12.3. The van der Waals surface area contributed by atoms with Crippen LogP contribution in [0.15, 0.2) is 47.4 Å². The molecule has 1 fully saturated rings. The number of hydrogen-bond donors (Lipinski definition) is 2. The minimum absolute atomic E-state index is 0.0407. The lowest BCUT2D eigenvalue weighted by Crippen LogP contribution is -2.19. The van der Waals surface area contributed by atoms with Crippen LogP contribution in [0.4, 0.5) is 4.39 Å². The zero-order valence-electron chi connectivity index (χ0n) is 17.9. The Labute approximate surface area is 176 Å². The number of carbonyl (C=O) groups is 1. The van der Waals surface area contributed by atoms with Gasteiger partial charge in [0.25, 0.3) is 5.91 Å². The molecule has 0 radical (unpaired) electrons. The van der Waals surface area contributed by atoms with Crippen molar-refractivity contribution in [1.29, 1.82) is 0 Å². The van der Waals surface area contributed by atoms with E-state index in [-0.39, 0.29) is 16.9 Å². The highest BCUT2D eigenvalue weighted by Crippen LogP contribution is 2.31. The number of H-pyrrole nitrogens is 1. The number of amides is 1. The molecular formula is C24H30FN3O2. The monoisotopic (exact) mass is 411 g/mol. The molecule has 1 aromatic carbocycles. The number of rotatable bonds is 2. The number of aryl methyl sites for hydroxylation is 1. The zero-order valence-corrected chi connectivity index (χ0v) is 17.9. The molecule has 160 valence electrons. The Kier molecular flexibility index (Phi) is 8.71. The number of aromatic amines is 1. The van der Waals surface area contributed by atoms with E-state index >= 15 is 0 Å². The second-order valence-electron chi connectivity index (χ2n) is 7.17. The van der Waals surface area contributed by atoms with Crippen LogP contribution in [-0.4, -0.2) is 15.9 Å². The summed E-state index contributed by atoms with van der Waals surface area (Å²) in [5.41, 5.74) is 7.70. The van der Waals surface area contributed by atoms with E-state index in [9.17, 15) is 14.0 Å². The van der Waals surface area contributed by atoms with Crippen molar-refractivity contribution in [3.05, 3.63) is 75.6 Å². The topological polar surface area (TPSA) is 88.8 Å². The van der Waals surface area contributed by atoms with Crippen molar-refractivity contribution in [2.24, 2.45) is 5.73 Å². The predicted molar refractivity (Wildman–Crippen MR) is 119 cm³/mol. The Morgan fingerprint density at radius 1 is 1.13 bits per heavy atom. The van der Waals surface area contributed by atoms with Gasteiger partial charge < -0.3 is 10.7 Å². The normalized spacial score (nSPS) is 13.6. The standard InChI is InChI=1S/C15H17N3O2.C7H7F.C2H6/c16-15(20)14-13-10(6-7-17-14)18-11(8-12(13)19)9-4-2-1-3-5-9;1-6-3-2-4-7(8)5-6;1-2/h6-9H,1-5H2,(H2,16,20)(H,18,19);2-5H,1H3;1-2H3. The van der Waals surface area contributed by atoms with Crippen molar-refractivity contribution in [2.45, 2.75) is 58.8 Å². The maximum Gasteiger partial charge on any atom is 0.268 e. The average Bonchev–Trinajstić information content (AvgIpc) is 2.75. The number of carbonyl (C=O) groups excluding carboxylic acids is 1. The Bertz CT molecular complexity index is 1020. The largest absolute Gasteiger partial charge is 0.364 e. The molecule has 0 atom stereocenters. The fourth-order valence-corrected chi connectivity index (χ4v) is 3.65. The fraction of sp³-hybridized carbons (Fsp3) is 0.375. The molecule has 30 heavy (non-hydrogen) atoms. The number of fused-ring (bicyclic) bond motifs is 1. The molecule has 3 aromatic rings. The molecule has 1 aliphatic carbocycles. The maximum atomic E-state index is 12.3. The molecule has 1 aliphatic rings. The molecular weight excluding hydrogens is 381 g/mol. The quantitative estimate of drug-likeness (QED) is 0.605. The van der Waals surface area contributed by atoms with Gasteiger partial charge in [-0.05, 0) is 49.4 Å². The van der Waals surface area contributed by atoms with Gasteiger partial charge in [0, 0.05) is 18.0 Å². The number of nitrogens with one attached hydrogen (secondary N) is 1. The van der Waals surface area contributed by atoms with Crippen molar-refractivity contribution in [1.82, 2.24) is 9.97 Å². The number of halogens is 1. The molecule has 2 aromatic heterocycles. The smallest absolute Gasteiger partial charge is 0.268 e. The molecule has 1 amide bonds. The lowest BCUT2D eigenvalue weighted by atomic mass is 9.86. The average molecular weight is 412 g/mol. The van der Waals surface area contributed by atoms with Crippen LogP contribution in [0.2, 0.25) is 0 Å². The third-order valence-corrected chi connectivity index (χ3v) is 5.02. The lowest BCUT2D eigenvalue weighted by Gasteiger charge is -2.21. The van der Waals surface area contributed by atoms with E-state index in [4.69, 9.17) is 5.73 Å². The van der Waals surface area contributed by atoms with Gasteiger partial charge in [0.2, 0.25) is 0 Å². The van der Waals surface area contributed by atoms with E-state index in [0.717, 1.165) is 24.1 Å². The minimum atomic E-state index is -0.675. The van der Waals surface area contributed by atoms with Gasteiger partial charge in [0.1, 0.15) is 11.5 Å². The van der Waals surface area contributed by atoms with Gasteiger partial charge in [0.15, 0.2) is 5.43 Å². The van der Waals surface area contributed by atoms with Crippen LogP contribution in [0, 0.1) is 12.7 Å². The van der Waals surface area contributed by atoms with Crippen LogP contribution in [0.5, 0.6) is 0 Å². The third-order valence-electron chi connectivity index (χ3n) is 5.02. The van der Waals surface area contributed by atoms with Crippen LogP contribution >= 0.6 is 0 Å². The van der Waals surface area contributed by atoms with Gasteiger partial charge in [0.05, 0.1) is 10.9 Å². The van der Waals surface area contributed by atoms with Crippen molar-refractivity contribution < 1.29 is 9.18 Å². The fourth-order valence-electron chi connectivity index (χ4n) is 3.65. The van der Waals surface area contributed by atoms with Crippen LogP contribution < -0.4 is 11.2 Å². The number of benzene rings is 1. The first-order chi connectivity index (χ1) is 14.5. The van der Waals surface area contributed by atoms with Gasteiger partial charge in [-0.3, -0.25) is 14.6 Å². The number of pyridine rings is 2. The first-order valence-corrected chi connectivity index (χ1v) is 10.5. The molecule has 6 heteroatoms. The van der Waals surface area contributed by atoms with E-state index in [1.165, 1.54) is 37.6 Å². The summed E-state index contributed by atoms with van der Waals surface area (Å²) in [6.07, 6.45) is 7.39. The Morgan fingerprint density at radius 2 is 1.83 bits per heavy atom. The zero-order chi connectivity index (χ0) is 22.1. The molecule has 0 spiro atoms. The van der Waals surface area contributed by atoms with Crippen LogP contribution in [0.3, 0.4) is 0 Å². The SMILES string of the molecule is CC.Cc1cccc(F)c1.NC(=O)c1nccc2[nH]c(C3CCCCC3)cc(=O)c12. The van der Waals surface area contributed by atoms with E-state index < -0.39 is 5.91 Å². The molecule has 2 heterocycles. The van der Waals surface area contributed by atoms with Crippen LogP contribution in [0.1, 0.15) is 73.6 Å². The van der Waals surface area contributed by atoms with Gasteiger partial charge in [-0.2, -0.15) is 0 Å². The second-order valence-corrected chi connectivity index (χ2v) is 7.17. The van der Waals surface area contributed by atoms with E-state index in [1.54, 1.807) is 18.2 Å². The predicted octanol–water partition coefficient (Wildman–Crippen LogP) is 5.23. The Balaban J connectivity index is 0.000000269. The number of primary amides is 1. The molecule has 0 bridgehead atoms. The Hall–Kier alpha value is -3.02. The van der Waals surface area contributed by atoms with E-state index in [2.05, 4.69) is 9.97 Å². The molecule has 3 N–H and O–H groups in total. The summed E-state index contributed by atoms with van der Waals surface area (Å²) in [5.74, 6) is -0.428. The second kappa shape index (κ2) is 11.2. The van der Waals surface area contributed by atoms with E-state index in [0.29, 0.717) is 16.8 Å². The van der Waals surface area contributed by atoms with Gasteiger partial charge in [-0.1, -0.05) is 45.2 Å². The summed E-state index contributed by atoms with van der Waals surface area (Å²) in [7, 11) is 0. The molecule has 4 rings (SSSR count). The van der Waals surface area contributed by atoms with Crippen molar-refractivity contribution >= 4 is 16.8 Å². The van der Waals surface area contributed by atoms with Crippen LogP contribution in [0.25, 0.3) is 10.9 Å². The van der Waals surface area contributed by atoms with Gasteiger partial charge >= 0.3 is 0 Å². The first kappa shape index (κ1) is 23.3. The third kappa shape index (κ3) is 5.99. The highest BCUT2D eigenvalue weighted by Gasteiger charge is 2.19. The number of nitrogens with zero attached hydrogens (tertiary/aromatic N) is 1. The summed E-state index contributed by atoms with van der Waals surface area (Å²) in [6, 6.07) is 9.82. The van der Waals surface area contributed by atoms with Gasteiger partial charge in [-0.15, -0.1) is 0 Å². The number of nitrogens with two attached hydrogens (primary N) is 1. The summed E-state index contributed by atoms with van der Waals surface area (Å²) in [5, 5.41) is 0.291. The lowest BCUT2D eigenvalue weighted by molar-refractivity contribution is 0.0997. The molecule has 0 aliphatic heterocycles. The van der Waals surface area contributed by atoms with E-state index in [1.807, 2.05) is 26.8 Å². The summed E-state index contributed by atoms with van der Waals surface area (Å²) in [4.78, 5) is 30.9. The van der Waals surface area contributed by atoms with Crippen molar-refractivity contribution in [3.8, 4) is 0 Å². The summed E-state index contributed by atoms with van der Waals surface area (Å²) >= 11 is 0. The molecule has 1 saturated carbocycles. The summed E-state index contributed by atoms with van der Waals surface area (Å²) in [6.45, 7) is 5.86. The highest BCUT2D eigenvalue weighted by atomic mass is 19.1. The van der Waals surface area contributed by atoms with Crippen molar-refractivity contribution in [3.63, 3.8) is 0 Å². The molecule has 0 saturated heterocycles. The van der Waals surface area contributed by atoms with Gasteiger partial charge in [-0.25, -0.2) is 4.39 Å². The molecule has 0 unspecified atom stereocenters. The van der Waals surface area contributed by atoms with Crippen molar-refractivity contribution in [2.75, 3.05) is 0 Å². The minimum Gasteiger partial charge on any atom is -0.364 e.